The summed E-state index contributed by atoms with van der Waals surface area (Å²) in [6, 6.07) is 112. The Morgan fingerprint density at radius 2 is 0.638 bits per heavy atom. The quantitative estimate of drug-likeness (QED) is 0.158. The lowest BCUT2D eigenvalue weighted by molar-refractivity contribution is 0.665. The molecule has 0 atom stereocenters. The molecule has 0 bridgehead atoms. The summed E-state index contributed by atoms with van der Waals surface area (Å²) < 4.78 is 29.2. The molecule has 21 rings (SSSR count). The highest BCUT2D eigenvalue weighted by Crippen LogP contribution is 2.68. The van der Waals surface area contributed by atoms with Crippen LogP contribution in [0.5, 0.6) is 0 Å². The first-order valence-electron chi connectivity index (χ1n) is 32.0. The maximum atomic E-state index is 7.68. The van der Waals surface area contributed by atoms with E-state index in [-0.39, 0.29) is 0 Å². The van der Waals surface area contributed by atoms with Crippen LogP contribution in [0.2, 0.25) is 0 Å². The van der Waals surface area contributed by atoms with E-state index in [1.54, 1.807) is 0 Å². The van der Waals surface area contributed by atoms with Gasteiger partial charge in [0.25, 0.3) is 0 Å². The van der Waals surface area contributed by atoms with Crippen LogP contribution in [0.4, 0.5) is 51.2 Å². The van der Waals surface area contributed by atoms with Crippen LogP contribution in [0.1, 0.15) is 22.3 Å². The summed E-state index contributed by atoms with van der Waals surface area (Å²) in [4.78, 5) is 7.27. The predicted molar refractivity (Wildman–Crippen MR) is 385 cm³/mol. The molecule has 7 heteroatoms. The van der Waals surface area contributed by atoms with Crippen LogP contribution in [0, 0.1) is 0 Å². The van der Waals surface area contributed by atoms with Gasteiger partial charge < -0.3 is 32.4 Å². The van der Waals surface area contributed by atoms with E-state index in [2.05, 4.69) is 324 Å². The molecule has 15 aromatic carbocycles. The Labute approximate surface area is 538 Å². The number of fused-ring (bicyclic) bond motifs is 25. The van der Waals surface area contributed by atoms with E-state index in [1.165, 1.54) is 10.8 Å². The fraction of sp³-hybridized carbons (Fsp3) is 0.0115. The Kier molecular flexibility index (Phi) is 10.5. The predicted octanol–water partition coefficient (Wildman–Crippen LogP) is 24.7. The van der Waals surface area contributed by atoms with Crippen molar-refractivity contribution in [1.29, 1.82) is 0 Å². The maximum Gasteiger partial charge on any atom is 0.145 e. The average molecular weight is 1200 g/mol. The van der Waals surface area contributed by atoms with Crippen molar-refractivity contribution >= 4 is 160 Å². The lowest BCUT2D eigenvalue weighted by Crippen LogP contribution is -2.36. The molecule has 0 radical (unpaired) electrons. The third-order valence-electron chi connectivity index (χ3n) is 20.1. The molecule has 0 saturated carbocycles. The minimum atomic E-state index is -1.03. The second-order valence-corrected chi connectivity index (χ2v) is 25.0. The van der Waals surface area contributed by atoms with Gasteiger partial charge in [0, 0.05) is 84.0 Å². The normalized spacial score (nSPS) is 13.2. The summed E-state index contributed by atoms with van der Waals surface area (Å²) in [6.45, 7) is 0. The second-order valence-electron chi connectivity index (χ2n) is 25.0. The van der Waals surface area contributed by atoms with Gasteiger partial charge in [-0.15, -0.1) is 0 Å². The fourth-order valence-corrected chi connectivity index (χ4v) is 16.2. The van der Waals surface area contributed by atoms with Crippen molar-refractivity contribution in [2.75, 3.05) is 14.7 Å². The molecule has 94 heavy (non-hydrogen) atoms. The topological polar surface area (TPSA) is 62.3 Å². The molecule has 7 nitrogen and oxygen atoms in total. The first-order chi connectivity index (χ1) is 46.6. The summed E-state index contributed by atoms with van der Waals surface area (Å²) >= 11 is 0. The van der Waals surface area contributed by atoms with E-state index in [0.29, 0.717) is 0 Å². The summed E-state index contributed by atoms with van der Waals surface area (Å²) in [7, 11) is 0. The molecule has 1 spiro atoms. The largest absolute Gasteiger partial charge is 0.456 e. The van der Waals surface area contributed by atoms with Gasteiger partial charge in [-0.05, 0) is 165 Å². The third-order valence-corrected chi connectivity index (χ3v) is 20.1. The molecule has 0 fully saturated rings. The number of benzene rings is 15. The highest BCUT2D eigenvalue weighted by molar-refractivity contribution is 6.26. The summed E-state index contributed by atoms with van der Waals surface area (Å²) in [5, 5.41) is 12.8. The van der Waals surface area contributed by atoms with Gasteiger partial charge in [-0.3, -0.25) is 0 Å². The lowest BCUT2D eigenvalue weighted by atomic mass is 9.64. The highest BCUT2D eigenvalue weighted by atomic mass is 16.3. The first-order valence-corrected chi connectivity index (χ1v) is 32.0. The molecule has 0 saturated heterocycles. The van der Waals surface area contributed by atoms with E-state index in [1.807, 2.05) is 0 Å². The van der Waals surface area contributed by atoms with Crippen molar-refractivity contribution in [3.63, 3.8) is 0 Å². The van der Waals surface area contributed by atoms with E-state index in [4.69, 9.17) is 17.7 Å². The van der Waals surface area contributed by atoms with Gasteiger partial charge in [-0.2, -0.15) is 0 Å². The van der Waals surface area contributed by atoms with Crippen LogP contribution in [-0.2, 0) is 5.41 Å². The van der Waals surface area contributed by atoms with Crippen LogP contribution < -0.4 is 14.7 Å². The molecule has 0 N–H and O–H groups in total. The van der Waals surface area contributed by atoms with Crippen molar-refractivity contribution in [3.05, 3.63) is 332 Å². The molecule has 19 aromatic rings. The average Bonchev–Trinajstić information content (AvgIpc) is 1.46. The Morgan fingerprint density at radius 3 is 1.11 bits per heavy atom. The van der Waals surface area contributed by atoms with Crippen molar-refractivity contribution in [3.8, 4) is 11.1 Å². The minimum Gasteiger partial charge on any atom is -0.456 e. The van der Waals surface area contributed by atoms with Crippen LogP contribution in [0.25, 0.3) is 120 Å². The molecule has 0 unspecified atom stereocenters. The van der Waals surface area contributed by atoms with Gasteiger partial charge in [-0.25, -0.2) is 0 Å². The third kappa shape index (κ3) is 7.04. The molecular formula is C87H51N3O4. The van der Waals surface area contributed by atoms with Gasteiger partial charge >= 0.3 is 0 Å². The molecular weight excluding hydrogens is 1150 g/mol. The number of nitrogens with zero attached hydrogens (tertiary/aromatic N) is 3. The van der Waals surface area contributed by atoms with E-state index in [9.17, 15) is 0 Å². The van der Waals surface area contributed by atoms with Crippen molar-refractivity contribution in [2.45, 2.75) is 5.41 Å². The fourth-order valence-electron chi connectivity index (χ4n) is 16.2. The first kappa shape index (κ1) is 51.2. The second kappa shape index (κ2) is 19.2. The van der Waals surface area contributed by atoms with Gasteiger partial charge in [0.15, 0.2) is 0 Å². The van der Waals surface area contributed by atoms with Gasteiger partial charge in [0.2, 0.25) is 0 Å². The Bertz CT molecular complexity index is 6030. The zero-order valence-corrected chi connectivity index (χ0v) is 50.4. The molecule has 4 aromatic heterocycles. The Morgan fingerprint density at radius 1 is 0.255 bits per heavy atom. The molecule has 5 heterocycles. The van der Waals surface area contributed by atoms with E-state index < -0.39 is 5.41 Å². The lowest BCUT2D eigenvalue weighted by Gasteiger charge is -2.45. The van der Waals surface area contributed by atoms with E-state index >= 15 is 0 Å². The van der Waals surface area contributed by atoms with Gasteiger partial charge in [0.05, 0.1) is 38.9 Å². The number of rotatable bonds is 7. The molecule has 438 valence electrons. The Hall–Kier alpha value is -12.6. The van der Waals surface area contributed by atoms with Crippen molar-refractivity contribution in [2.24, 2.45) is 0 Å². The number of furan rings is 4. The van der Waals surface area contributed by atoms with Crippen molar-refractivity contribution in [1.82, 2.24) is 0 Å². The monoisotopic (exact) mass is 1200 g/mol. The number of anilines is 9. The summed E-state index contributed by atoms with van der Waals surface area (Å²) in [5.74, 6) is 0. The standard InChI is InChI=1S/C87H51N3O4/c1-4-26-56(27-5-1)88(59-40-42-61-65-44-52-22-10-12-24-54(52)46-77(65)91-79(61)48-59)73-50-69-83(85-81(73)63-32-14-20-38-75(63)93-85)84-70(87(69)67-34-16-18-36-71(67)90(58-30-8-3-9-31-58)72-37-19-17-35-68(72)87)51-74(82-64-33-15-21-39-76(64)94-86(82)84)89(57-28-6-2-7-29-57)60-41-43-62-66-45-53-23-11-13-25-55(53)47-78(66)92-80(62)49-60/h1-51H. The van der Waals surface area contributed by atoms with E-state index in [0.717, 1.165) is 183 Å². The zero-order chi connectivity index (χ0) is 61.3. The molecule has 1 aliphatic heterocycles. The molecule has 2 aliphatic rings. The maximum absolute atomic E-state index is 7.68. The minimum absolute atomic E-state index is 0.766. The zero-order valence-electron chi connectivity index (χ0n) is 50.4. The SMILES string of the molecule is c1ccc(N2c3ccccc3C3(c4ccccc42)c2cc(N(c4ccccc4)c4ccc5c(c4)oc4cc6ccccc6cc45)c4c(oc5ccccc54)c2-c2c3cc(N(c3ccccc3)c3ccc4c(c3)oc3cc5ccccc5cc34)c3c2oc2ccccc23)cc1. The molecule has 1 aliphatic carbocycles. The van der Waals surface area contributed by atoms with Crippen LogP contribution >= 0.6 is 0 Å². The number of hydrogen-bond acceptors (Lipinski definition) is 7. The van der Waals surface area contributed by atoms with Crippen LogP contribution in [-0.4, -0.2) is 0 Å². The smallest absolute Gasteiger partial charge is 0.145 e. The van der Waals surface area contributed by atoms with Gasteiger partial charge in [-0.1, -0.05) is 176 Å². The summed E-state index contributed by atoms with van der Waals surface area (Å²) in [5.41, 5.74) is 20.6. The van der Waals surface area contributed by atoms with Crippen LogP contribution in [0.3, 0.4) is 0 Å². The number of hydrogen-bond donors (Lipinski definition) is 0. The van der Waals surface area contributed by atoms with Crippen LogP contribution in [0.15, 0.2) is 327 Å². The highest BCUT2D eigenvalue weighted by Gasteiger charge is 2.55. The van der Waals surface area contributed by atoms with Gasteiger partial charge in [0.1, 0.15) is 44.7 Å². The molecule has 0 amide bonds. The Balaban J connectivity index is 0.914. The van der Waals surface area contributed by atoms with Crippen molar-refractivity contribution < 1.29 is 17.7 Å². The number of para-hydroxylation sites is 7. The summed E-state index contributed by atoms with van der Waals surface area (Å²) in [6.07, 6.45) is 0.